The van der Waals surface area contributed by atoms with Gasteiger partial charge < -0.3 is 5.73 Å². The van der Waals surface area contributed by atoms with Crippen molar-refractivity contribution < 1.29 is 4.39 Å². The van der Waals surface area contributed by atoms with Crippen LogP contribution in [-0.2, 0) is 5.75 Å². The molecule has 0 radical (unpaired) electrons. The van der Waals surface area contributed by atoms with Crippen LogP contribution in [0.15, 0.2) is 47.6 Å². The first-order valence-corrected chi connectivity index (χ1v) is 5.80. The van der Waals surface area contributed by atoms with E-state index in [1.165, 1.54) is 12.3 Å². The van der Waals surface area contributed by atoms with Crippen LogP contribution >= 0.6 is 11.8 Å². The van der Waals surface area contributed by atoms with E-state index in [0.29, 0.717) is 5.75 Å². The normalized spacial score (nSPS) is 10.3. The predicted octanol–water partition coefficient (Wildman–Crippen LogP) is 3.10. The van der Waals surface area contributed by atoms with Crippen LogP contribution < -0.4 is 5.73 Å². The van der Waals surface area contributed by atoms with Crippen LogP contribution in [0.4, 0.5) is 10.1 Å². The number of aromatic nitrogens is 1. The molecule has 2 N–H and O–H groups in total. The maximum atomic E-state index is 12.9. The van der Waals surface area contributed by atoms with Gasteiger partial charge in [-0.2, -0.15) is 0 Å². The lowest BCUT2D eigenvalue weighted by Gasteiger charge is -2.02. The zero-order chi connectivity index (χ0) is 11.4. The van der Waals surface area contributed by atoms with Gasteiger partial charge in [-0.15, -0.1) is 11.8 Å². The van der Waals surface area contributed by atoms with Crippen molar-refractivity contribution in [2.75, 3.05) is 5.73 Å². The van der Waals surface area contributed by atoms with E-state index in [9.17, 15) is 4.39 Å². The van der Waals surface area contributed by atoms with Crippen molar-refractivity contribution >= 4 is 17.4 Å². The molecular formula is C12H11FN2S. The van der Waals surface area contributed by atoms with E-state index in [4.69, 9.17) is 5.73 Å². The average Bonchev–Trinajstić information content (AvgIpc) is 2.27. The van der Waals surface area contributed by atoms with Crippen molar-refractivity contribution in [3.8, 4) is 0 Å². The summed E-state index contributed by atoms with van der Waals surface area (Å²) in [5, 5.41) is 0. The van der Waals surface area contributed by atoms with Gasteiger partial charge in [0, 0.05) is 22.5 Å². The average molecular weight is 234 g/mol. The Kier molecular flexibility index (Phi) is 3.41. The fourth-order valence-electron chi connectivity index (χ4n) is 1.31. The summed E-state index contributed by atoms with van der Waals surface area (Å²) in [6, 6.07) is 9.12. The molecule has 1 aromatic carbocycles. The number of nitrogens with two attached hydrogens (primary N) is 1. The molecule has 0 amide bonds. The Morgan fingerprint density at radius 2 is 2.12 bits per heavy atom. The highest BCUT2D eigenvalue weighted by Crippen LogP contribution is 2.24. The summed E-state index contributed by atoms with van der Waals surface area (Å²) in [6.45, 7) is 0. The van der Waals surface area contributed by atoms with Crippen LogP contribution in [0.3, 0.4) is 0 Å². The van der Waals surface area contributed by atoms with Crippen molar-refractivity contribution in [2.24, 2.45) is 0 Å². The Hall–Kier alpha value is -1.55. The number of nitrogens with zero attached hydrogens (tertiary/aromatic N) is 1. The van der Waals surface area contributed by atoms with Gasteiger partial charge in [-0.3, -0.25) is 4.98 Å². The molecule has 0 atom stereocenters. The Bertz CT molecular complexity index is 442. The highest BCUT2D eigenvalue weighted by Gasteiger charge is 1.99. The zero-order valence-electron chi connectivity index (χ0n) is 8.56. The van der Waals surface area contributed by atoms with Crippen molar-refractivity contribution in [1.82, 2.24) is 4.98 Å². The maximum Gasteiger partial charge on any atom is 0.141 e. The Labute approximate surface area is 97.7 Å². The molecule has 2 nitrogen and oxygen atoms in total. The number of halogens is 1. The monoisotopic (exact) mass is 234 g/mol. The zero-order valence-corrected chi connectivity index (χ0v) is 9.38. The standard InChI is InChI=1S/C12H11FN2S/c13-10-4-9(6-15-7-10)8-16-12-3-1-2-11(14)5-12/h1-7H,8,14H2. The second-order valence-electron chi connectivity index (χ2n) is 3.37. The highest BCUT2D eigenvalue weighted by molar-refractivity contribution is 7.98. The fourth-order valence-corrected chi connectivity index (χ4v) is 2.19. The lowest BCUT2D eigenvalue weighted by molar-refractivity contribution is 0.619. The van der Waals surface area contributed by atoms with Crippen LogP contribution in [-0.4, -0.2) is 4.98 Å². The van der Waals surface area contributed by atoms with Gasteiger partial charge in [0.15, 0.2) is 0 Å². The van der Waals surface area contributed by atoms with Gasteiger partial charge in [0.05, 0.1) is 6.20 Å². The van der Waals surface area contributed by atoms with E-state index in [-0.39, 0.29) is 5.82 Å². The lowest BCUT2D eigenvalue weighted by atomic mass is 10.3. The lowest BCUT2D eigenvalue weighted by Crippen LogP contribution is -1.87. The summed E-state index contributed by atoms with van der Waals surface area (Å²) in [6.07, 6.45) is 2.87. The minimum atomic E-state index is -0.300. The molecular weight excluding hydrogens is 223 g/mol. The van der Waals surface area contributed by atoms with Crippen LogP contribution in [0.25, 0.3) is 0 Å². The smallest absolute Gasteiger partial charge is 0.141 e. The van der Waals surface area contributed by atoms with E-state index in [0.717, 1.165) is 16.1 Å². The molecule has 2 rings (SSSR count). The number of nitrogen functional groups attached to an aromatic ring is 1. The summed E-state index contributed by atoms with van der Waals surface area (Å²) in [5.41, 5.74) is 7.27. The third-order valence-electron chi connectivity index (χ3n) is 2.03. The predicted molar refractivity (Wildman–Crippen MR) is 64.6 cm³/mol. The third-order valence-corrected chi connectivity index (χ3v) is 3.09. The quantitative estimate of drug-likeness (QED) is 0.655. The molecule has 0 spiro atoms. The topological polar surface area (TPSA) is 38.9 Å². The molecule has 2 aromatic rings. The van der Waals surface area contributed by atoms with Gasteiger partial charge in [0.2, 0.25) is 0 Å². The van der Waals surface area contributed by atoms with Gasteiger partial charge in [0.1, 0.15) is 5.82 Å². The number of anilines is 1. The molecule has 0 fully saturated rings. The maximum absolute atomic E-state index is 12.9. The SMILES string of the molecule is Nc1cccc(SCc2cncc(F)c2)c1. The van der Waals surface area contributed by atoms with Crippen LogP contribution in [0.5, 0.6) is 0 Å². The number of rotatable bonds is 3. The van der Waals surface area contributed by atoms with Gasteiger partial charge >= 0.3 is 0 Å². The molecule has 1 heterocycles. The van der Waals surface area contributed by atoms with Crippen LogP contribution in [0, 0.1) is 5.82 Å². The Morgan fingerprint density at radius 1 is 1.25 bits per heavy atom. The largest absolute Gasteiger partial charge is 0.399 e. The number of hydrogen-bond acceptors (Lipinski definition) is 3. The first kappa shape index (κ1) is 11.0. The fraction of sp³-hybridized carbons (Fsp3) is 0.0833. The van der Waals surface area contributed by atoms with E-state index in [1.807, 2.05) is 24.3 Å². The first-order valence-electron chi connectivity index (χ1n) is 4.82. The Morgan fingerprint density at radius 3 is 2.88 bits per heavy atom. The van der Waals surface area contributed by atoms with E-state index >= 15 is 0 Å². The summed E-state index contributed by atoms with van der Waals surface area (Å²) in [7, 11) is 0. The number of benzene rings is 1. The molecule has 0 bridgehead atoms. The molecule has 0 aliphatic rings. The summed E-state index contributed by atoms with van der Waals surface area (Å²) in [4.78, 5) is 4.87. The van der Waals surface area contributed by atoms with Crippen LogP contribution in [0.1, 0.15) is 5.56 Å². The molecule has 0 saturated heterocycles. The number of hydrogen-bond donors (Lipinski definition) is 1. The molecule has 0 aliphatic heterocycles. The summed E-state index contributed by atoms with van der Waals surface area (Å²) < 4.78 is 12.9. The van der Waals surface area contributed by atoms with Crippen molar-refractivity contribution in [3.05, 3.63) is 54.1 Å². The Balaban J connectivity index is 2.02. The molecule has 16 heavy (non-hydrogen) atoms. The number of thioether (sulfide) groups is 1. The van der Waals surface area contributed by atoms with Gasteiger partial charge in [-0.1, -0.05) is 6.07 Å². The molecule has 0 unspecified atom stereocenters. The van der Waals surface area contributed by atoms with E-state index in [2.05, 4.69) is 4.98 Å². The van der Waals surface area contributed by atoms with Crippen LogP contribution in [0.2, 0.25) is 0 Å². The van der Waals surface area contributed by atoms with Crippen molar-refractivity contribution in [2.45, 2.75) is 10.6 Å². The third kappa shape index (κ3) is 2.97. The molecule has 0 aliphatic carbocycles. The van der Waals surface area contributed by atoms with Crippen molar-refractivity contribution in [3.63, 3.8) is 0 Å². The van der Waals surface area contributed by atoms with Crippen molar-refractivity contribution in [1.29, 1.82) is 0 Å². The molecule has 0 saturated carbocycles. The summed E-state index contributed by atoms with van der Waals surface area (Å²) >= 11 is 1.61. The number of pyridine rings is 1. The first-order chi connectivity index (χ1) is 7.74. The second-order valence-corrected chi connectivity index (χ2v) is 4.42. The van der Waals surface area contributed by atoms with Gasteiger partial charge in [0.25, 0.3) is 0 Å². The summed E-state index contributed by atoms with van der Waals surface area (Å²) in [5.74, 6) is 0.388. The minimum Gasteiger partial charge on any atom is -0.399 e. The molecule has 82 valence electrons. The minimum absolute atomic E-state index is 0.300. The van der Waals surface area contributed by atoms with E-state index in [1.54, 1.807) is 18.0 Å². The van der Waals surface area contributed by atoms with E-state index < -0.39 is 0 Å². The molecule has 1 aromatic heterocycles. The van der Waals surface area contributed by atoms with Gasteiger partial charge in [-0.25, -0.2) is 4.39 Å². The highest BCUT2D eigenvalue weighted by atomic mass is 32.2. The molecule has 4 heteroatoms. The second kappa shape index (κ2) is 4.99. The van der Waals surface area contributed by atoms with Gasteiger partial charge in [-0.05, 0) is 29.8 Å².